The van der Waals surface area contributed by atoms with E-state index in [2.05, 4.69) is 31.8 Å². The van der Waals surface area contributed by atoms with Gasteiger partial charge in [-0.05, 0) is 53.6 Å². The monoisotopic (exact) mass is 535 g/mol. The molecule has 0 spiro atoms. The molecule has 2 N–H and O–H groups in total. The van der Waals surface area contributed by atoms with Crippen LogP contribution in [0.3, 0.4) is 0 Å². The summed E-state index contributed by atoms with van der Waals surface area (Å²) in [5.74, 6) is -0.855. The van der Waals surface area contributed by atoms with E-state index in [-0.39, 0.29) is 18.2 Å². The topological polar surface area (TPSA) is 106 Å². The Hall–Kier alpha value is -4.24. The van der Waals surface area contributed by atoms with Gasteiger partial charge in [0.05, 0.1) is 19.9 Å². The lowest BCUT2D eigenvalue weighted by Gasteiger charge is -2.08. The summed E-state index contributed by atoms with van der Waals surface area (Å²) in [5, 5.41) is 6.40. The van der Waals surface area contributed by atoms with E-state index < -0.39 is 11.9 Å². The van der Waals surface area contributed by atoms with E-state index in [9.17, 15) is 14.4 Å². The molecular weight excluding hydrogens is 514 g/mol. The Balaban J connectivity index is 1.51. The van der Waals surface area contributed by atoms with Gasteiger partial charge in [-0.1, -0.05) is 52.3 Å². The number of esters is 1. The molecule has 9 heteroatoms. The second kappa shape index (κ2) is 12.9. The number of carbonyl (C=O) groups is 3. The molecular formula is C26H22BrN3O5. The highest BCUT2D eigenvalue weighted by Gasteiger charge is 2.10. The molecule has 0 aliphatic carbocycles. The van der Waals surface area contributed by atoms with Gasteiger partial charge in [0.1, 0.15) is 0 Å². The molecule has 0 radical (unpaired) electrons. The first-order valence-corrected chi connectivity index (χ1v) is 11.2. The molecule has 35 heavy (non-hydrogen) atoms. The number of hydrogen-bond donors (Lipinski definition) is 2. The van der Waals surface area contributed by atoms with Crippen LogP contribution in [0, 0.1) is 0 Å². The fourth-order valence-corrected chi connectivity index (χ4v) is 3.23. The van der Waals surface area contributed by atoms with Crippen LogP contribution in [0.5, 0.6) is 11.5 Å². The van der Waals surface area contributed by atoms with Gasteiger partial charge in [-0.3, -0.25) is 9.59 Å². The molecule has 0 bridgehead atoms. The van der Waals surface area contributed by atoms with Crippen molar-refractivity contribution >= 4 is 46.0 Å². The standard InChI is InChI=1S/C26H22BrN3O5/c1-34-23-14-19(10-12-22(23)35-25(32)13-11-18-6-3-2-4-7-18)16-29-30-24(31)17-28-26(33)20-8-5-9-21(27)15-20/h2-16H,17H2,1H3,(H,28,33)(H,30,31). The van der Waals surface area contributed by atoms with Gasteiger partial charge in [-0.25, -0.2) is 10.2 Å². The Morgan fingerprint density at radius 3 is 2.49 bits per heavy atom. The first kappa shape index (κ1) is 25.4. The van der Waals surface area contributed by atoms with Gasteiger partial charge in [-0.2, -0.15) is 5.10 Å². The summed E-state index contributed by atoms with van der Waals surface area (Å²) in [6, 6.07) is 21.0. The minimum Gasteiger partial charge on any atom is -0.493 e. The molecule has 0 heterocycles. The largest absolute Gasteiger partial charge is 0.493 e. The first-order valence-electron chi connectivity index (χ1n) is 10.4. The number of nitrogens with zero attached hydrogens (tertiary/aromatic N) is 1. The maximum absolute atomic E-state index is 12.1. The lowest BCUT2D eigenvalue weighted by atomic mass is 10.2. The highest BCUT2D eigenvalue weighted by atomic mass is 79.9. The van der Waals surface area contributed by atoms with Crippen LogP contribution in [0.25, 0.3) is 6.08 Å². The number of carbonyl (C=O) groups excluding carboxylic acids is 3. The average molecular weight is 536 g/mol. The lowest BCUT2D eigenvalue weighted by Crippen LogP contribution is -2.34. The Morgan fingerprint density at radius 1 is 0.943 bits per heavy atom. The summed E-state index contributed by atoms with van der Waals surface area (Å²) < 4.78 is 11.4. The highest BCUT2D eigenvalue weighted by molar-refractivity contribution is 9.10. The van der Waals surface area contributed by atoms with Crippen LogP contribution >= 0.6 is 15.9 Å². The molecule has 0 atom stereocenters. The number of benzene rings is 3. The summed E-state index contributed by atoms with van der Waals surface area (Å²) in [6.07, 6.45) is 4.38. The number of ether oxygens (including phenoxy) is 2. The molecule has 8 nitrogen and oxygen atoms in total. The third-order valence-corrected chi connectivity index (χ3v) is 5.00. The maximum atomic E-state index is 12.1. The van der Waals surface area contributed by atoms with E-state index in [4.69, 9.17) is 9.47 Å². The van der Waals surface area contributed by atoms with Crippen molar-refractivity contribution in [1.29, 1.82) is 0 Å². The first-order chi connectivity index (χ1) is 16.9. The van der Waals surface area contributed by atoms with E-state index in [0.29, 0.717) is 16.9 Å². The third-order valence-electron chi connectivity index (χ3n) is 4.51. The Bertz CT molecular complexity index is 1260. The summed E-state index contributed by atoms with van der Waals surface area (Å²) in [5.41, 5.74) is 4.24. The zero-order chi connectivity index (χ0) is 25.0. The van der Waals surface area contributed by atoms with E-state index in [1.165, 1.54) is 19.4 Å². The number of rotatable bonds is 9. The van der Waals surface area contributed by atoms with Gasteiger partial charge < -0.3 is 14.8 Å². The van der Waals surface area contributed by atoms with E-state index in [1.54, 1.807) is 48.5 Å². The smallest absolute Gasteiger partial charge is 0.336 e. The lowest BCUT2D eigenvalue weighted by molar-refractivity contribution is -0.129. The van der Waals surface area contributed by atoms with Crippen molar-refractivity contribution in [3.63, 3.8) is 0 Å². The van der Waals surface area contributed by atoms with Crippen LogP contribution in [0.4, 0.5) is 0 Å². The van der Waals surface area contributed by atoms with Crippen molar-refractivity contribution < 1.29 is 23.9 Å². The fraction of sp³-hybridized carbons (Fsp3) is 0.0769. The van der Waals surface area contributed by atoms with Crippen molar-refractivity contribution in [2.45, 2.75) is 0 Å². The molecule has 2 amide bonds. The number of amides is 2. The van der Waals surface area contributed by atoms with Gasteiger partial charge in [0, 0.05) is 16.1 Å². The Labute approximate surface area is 210 Å². The number of methoxy groups -OCH3 is 1. The number of hydrazone groups is 1. The summed E-state index contributed by atoms with van der Waals surface area (Å²) >= 11 is 3.29. The SMILES string of the molecule is COc1cc(C=NNC(=O)CNC(=O)c2cccc(Br)c2)ccc1OC(=O)C=Cc1ccccc1. The van der Waals surface area contributed by atoms with E-state index >= 15 is 0 Å². The van der Waals surface area contributed by atoms with Gasteiger partial charge in [0.25, 0.3) is 11.8 Å². The van der Waals surface area contributed by atoms with Crippen LogP contribution in [0.1, 0.15) is 21.5 Å². The molecule has 0 aliphatic rings. The average Bonchev–Trinajstić information content (AvgIpc) is 2.87. The minimum absolute atomic E-state index is 0.239. The number of hydrogen-bond acceptors (Lipinski definition) is 6. The molecule has 0 fully saturated rings. The van der Waals surface area contributed by atoms with Crippen molar-refractivity contribution in [1.82, 2.24) is 10.7 Å². The molecule has 0 saturated heterocycles. The van der Waals surface area contributed by atoms with Crippen LogP contribution in [0.2, 0.25) is 0 Å². The molecule has 0 aliphatic heterocycles. The normalized spacial score (nSPS) is 10.8. The van der Waals surface area contributed by atoms with Crippen LogP contribution in [-0.4, -0.2) is 37.7 Å². The van der Waals surface area contributed by atoms with Crippen molar-refractivity contribution in [2.24, 2.45) is 5.10 Å². The van der Waals surface area contributed by atoms with Crippen molar-refractivity contribution in [2.75, 3.05) is 13.7 Å². The quantitative estimate of drug-likeness (QED) is 0.142. The third kappa shape index (κ3) is 8.24. The van der Waals surface area contributed by atoms with Crippen LogP contribution < -0.4 is 20.2 Å². The molecule has 0 aromatic heterocycles. The van der Waals surface area contributed by atoms with Gasteiger partial charge in [0.2, 0.25) is 0 Å². The minimum atomic E-state index is -0.550. The van der Waals surface area contributed by atoms with Crippen molar-refractivity contribution in [3.05, 3.63) is 100 Å². The molecule has 178 valence electrons. The molecule has 3 rings (SSSR count). The molecule has 3 aromatic carbocycles. The molecule has 0 unspecified atom stereocenters. The van der Waals surface area contributed by atoms with Gasteiger partial charge in [0.15, 0.2) is 11.5 Å². The molecule has 0 saturated carbocycles. The predicted octanol–water partition coefficient (Wildman–Crippen LogP) is 3.96. The zero-order valence-electron chi connectivity index (χ0n) is 18.7. The maximum Gasteiger partial charge on any atom is 0.336 e. The second-order valence-corrected chi connectivity index (χ2v) is 7.98. The Kier molecular flexibility index (Phi) is 9.32. The van der Waals surface area contributed by atoms with Crippen LogP contribution in [-0.2, 0) is 9.59 Å². The summed E-state index contributed by atoms with van der Waals surface area (Å²) in [6.45, 7) is -0.239. The second-order valence-electron chi connectivity index (χ2n) is 7.06. The number of halogens is 1. The van der Waals surface area contributed by atoms with Crippen LogP contribution in [0.15, 0.2) is 88.4 Å². The van der Waals surface area contributed by atoms with Crippen molar-refractivity contribution in [3.8, 4) is 11.5 Å². The van der Waals surface area contributed by atoms with Gasteiger partial charge >= 0.3 is 5.97 Å². The van der Waals surface area contributed by atoms with E-state index in [0.717, 1.165) is 10.0 Å². The Morgan fingerprint density at radius 2 is 1.74 bits per heavy atom. The molecule has 3 aromatic rings. The zero-order valence-corrected chi connectivity index (χ0v) is 20.3. The fourth-order valence-electron chi connectivity index (χ4n) is 2.83. The summed E-state index contributed by atoms with van der Waals surface area (Å²) in [7, 11) is 1.45. The highest BCUT2D eigenvalue weighted by Crippen LogP contribution is 2.27. The van der Waals surface area contributed by atoms with Gasteiger partial charge in [-0.15, -0.1) is 0 Å². The summed E-state index contributed by atoms with van der Waals surface area (Å²) in [4.78, 5) is 36.2. The number of nitrogens with one attached hydrogen (secondary N) is 2. The predicted molar refractivity (Wildman–Crippen MR) is 136 cm³/mol. The van der Waals surface area contributed by atoms with E-state index in [1.807, 2.05) is 30.3 Å².